The fourth-order valence-corrected chi connectivity index (χ4v) is 5.22. The van der Waals surface area contributed by atoms with Gasteiger partial charge in [0.15, 0.2) is 0 Å². The van der Waals surface area contributed by atoms with Gasteiger partial charge < -0.3 is 9.47 Å². The van der Waals surface area contributed by atoms with Crippen LogP contribution in [0.2, 0.25) is 0 Å². The molecule has 1 aromatic carbocycles. The molecule has 0 spiro atoms. The summed E-state index contributed by atoms with van der Waals surface area (Å²) in [5.41, 5.74) is 1.44. The Morgan fingerprint density at radius 3 is 2.27 bits per heavy atom. The van der Waals surface area contributed by atoms with Crippen LogP contribution in [-0.4, -0.2) is 18.7 Å². The summed E-state index contributed by atoms with van der Waals surface area (Å²) in [5, 5.41) is 0. The van der Waals surface area contributed by atoms with Crippen molar-refractivity contribution in [2.75, 3.05) is 6.61 Å². The molecule has 1 aliphatic carbocycles. The van der Waals surface area contributed by atoms with Gasteiger partial charge in [-0.1, -0.05) is 64.5 Å². The maximum atomic E-state index is 11.1. The largest absolute Gasteiger partial charge is 0.493 e. The zero-order valence-electron chi connectivity index (χ0n) is 19.2. The number of unbranched alkanes of at least 4 members (excludes halogenated alkanes) is 4. The Balaban J connectivity index is 1.38. The van der Waals surface area contributed by atoms with Crippen LogP contribution >= 0.6 is 0 Å². The van der Waals surface area contributed by atoms with E-state index in [9.17, 15) is 4.79 Å². The van der Waals surface area contributed by atoms with E-state index in [0.29, 0.717) is 24.2 Å². The molecule has 1 aromatic rings. The smallest absolute Gasteiger partial charge is 0.309 e. The van der Waals surface area contributed by atoms with Gasteiger partial charge in [-0.2, -0.15) is 0 Å². The summed E-state index contributed by atoms with van der Waals surface area (Å²) in [5.74, 6) is 2.91. The Hall–Kier alpha value is -1.51. The minimum absolute atomic E-state index is 0.0182. The number of benzene rings is 1. The molecular formula is C27H42O3. The standard InChI is InChI=1S/C27H42O3/c1-3-5-6-7-8-10-21(9-4-2)20-29-25-17-15-23(16-18-25)22-11-13-24(14-12-22)26-19-27(28)30-26/h15-18,21-22,24,26H,3-14,19-20H2,1-2H3. The van der Waals surface area contributed by atoms with Gasteiger partial charge in [0, 0.05) is 0 Å². The number of hydrogen-bond acceptors (Lipinski definition) is 3. The molecule has 2 aliphatic rings. The van der Waals surface area contributed by atoms with Crippen LogP contribution in [0.5, 0.6) is 5.75 Å². The van der Waals surface area contributed by atoms with Gasteiger partial charge in [0.25, 0.3) is 0 Å². The van der Waals surface area contributed by atoms with E-state index in [0.717, 1.165) is 12.4 Å². The molecule has 168 valence electrons. The lowest BCUT2D eigenvalue weighted by Gasteiger charge is -2.37. The second kappa shape index (κ2) is 12.4. The third-order valence-corrected chi connectivity index (χ3v) is 7.20. The average Bonchev–Trinajstić information content (AvgIpc) is 2.75. The zero-order chi connectivity index (χ0) is 21.2. The predicted octanol–water partition coefficient (Wildman–Crippen LogP) is 7.43. The van der Waals surface area contributed by atoms with Crippen molar-refractivity contribution >= 4 is 5.97 Å². The number of hydrogen-bond donors (Lipinski definition) is 0. The fourth-order valence-electron chi connectivity index (χ4n) is 5.22. The van der Waals surface area contributed by atoms with Gasteiger partial charge in [-0.3, -0.25) is 4.79 Å². The van der Waals surface area contributed by atoms with Gasteiger partial charge in [0.05, 0.1) is 13.0 Å². The van der Waals surface area contributed by atoms with Crippen LogP contribution in [0, 0.1) is 11.8 Å². The van der Waals surface area contributed by atoms with E-state index in [-0.39, 0.29) is 12.1 Å². The van der Waals surface area contributed by atoms with Crippen molar-refractivity contribution in [2.24, 2.45) is 11.8 Å². The molecule has 0 N–H and O–H groups in total. The van der Waals surface area contributed by atoms with Gasteiger partial charge in [-0.15, -0.1) is 0 Å². The zero-order valence-corrected chi connectivity index (χ0v) is 19.2. The highest BCUT2D eigenvalue weighted by Gasteiger charge is 2.37. The van der Waals surface area contributed by atoms with E-state index in [2.05, 4.69) is 38.1 Å². The van der Waals surface area contributed by atoms with Crippen molar-refractivity contribution in [3.8, 4) is 5.75 Å². The van der Waals surface area contributed by atoms with Crippen molar-refractivity contribution in [3.05, 3.63) is 29.8 Å². The maximum absolute atomic E-state index is 11.1. The minimum Gasteiger partial charge on any atom is -0.493 e. The van der Waals surface area contributed by atoms with Crippen LogP contribution < -0.4 is 4.74 Å². The Kier molecular flexibility index (Phi) is 9.55. The Labute approximate surface area is 183 Å². The summed E-state index contributed by atoms with van der Waals surface area (Å²) in [6.45, 7) is 5.41. The second-order valence-corrected chi connectivity index (χ2v) is 9.58. The molecule has 3 nitrogen and oxygen atoms in total. The van der Waals surface area contributed by atoms with Crippen LogP contribution in [0.25, 0.3) is 0 Å². The first-order valence-electron chi connectivity index (χ1n) is 12.6. The molecule has 0 amide bonds. The summed E-state index contributed by atoms with van der Waals surface area (Å²) in [4.78, 5) is 11.1. The number of cyclic esters (lactones) is 1. The maximum Gasteiger partial charge on any atom is 0.309 e. The van der Waals surface area contributed by atoms with Gasteiger partial charge in [-0.05, 0) is 74.0 Å². The van der Waals surface area contributed by atoms with Gasteiger partial charge >= 0.3 is 5.97 Å². The van der Waals surface area contributed by atoms with E-state index >= 15 is 0 Å². The molecule has 2 unspecified atom stereocenters. The monoisotopic (exact) mass is 414 g/mol. The second-order valence-electron chi connectivity index (χ2n) is 9.58. The van der Waals surface area contributed by atoms with Crippen LogP contribution in [0.4, 0.5) is 0 Å². The highest BCUT2D eigenvalue weighted by molar-refractivity contribution is 5.75. The van der Waals surface area contributed by atoms with Crippen LogP contribution in [0.3, 0.4) is 0 Å². The molecule has 0 aromatic heterocycles. The van der Waals surface area contributed by atoms with Gasteiger partial charge in [0.2, 0.25) is 0 Å². The summed E-state index contributed by atoms with van der Waals surface area (Å²) < 4.78 is 11.5. The molecule has 2 atom stereocenters. The molecule has 1 saturated heterocycles. The molecule has 2 fully saturated rings. The van der Waals surface area contributed by atoms with Gasteiger partial charge in [0.1, 0.15) is 11.9 Å². The minimum atomic E-state index is -0.0182. The SMILES string of the molecule is CCCCCCCC(CCC)COc1ccc(C2CCC(C3CC(=O)O3)CC2)cc1. The topological polar surface area (TPSA) is 35.5 Å². The third kappa shape index (κ3) is 7.03. The molecule has 0 radical (unpaired) electrons. The Bertz CT molecular complexity index is 608. The Morgan fingerprint density at radius 2 is 1.63 bits per heavy atom. The molecular weight excluding hydrogens is 372 g/mol. The van der Waals surface area contributed by atoms with E-state index in [4.69, 9.17) is 9.47 Å². The molecule has 1 saturated carbocycles. The van der Waals surface area contributed by atoms with E-state index in [1.165, 1.54) is 82.6 Å². The van der Waals surface area contributed by atoms with Crippen LogP contribution in [-0.2, 0) is 9.53 Å². The third-order valence-electron chi connectivity index (χ3n) is 7.20. The summed E-state index contributed by atoms with van der Waals surface area (Å²) in [6, 6.07) is 8.87. The summed E-state index contributed by atoms with van der Waals surface area (Å²) >= 11 is 0. The lowest BCUT2D eigenvalue weighted by atomic mass is 9.75. The molecule has 1 heterocycles. The first-order chi connectivity index (χ1) is 14.7. The van der Waals surface area contributed by atoms with Crippen molar-refractivity contribution in [2.45, 2.75) is 109 Å². The number of esters is 1. The number of ether oxygens (including phenoxy) is 2. The molecule has 1 aliphatic heterocycles. The van der Waals surface area contributed by atoms with Crippen molar-refractivity contribution < 1.29 is 14.3 Å². The number of carbonyl (C=O) groups is 1. The lowest BCUT2D eigenvalue weighted by Crippen LogP contribution is -2.40. The number of carbonyl (C=O) groups excluding carboxylic acids is 1. The molecule has 3 rings (SSSR count). The highest BCUT2D eigenvalue weighted by Crippen LogP contribution is 2.40. The van der Waals surface area contributed by atoms with E-state index < -0.39 is 0 Å². The van der Waals surface area contributed by atoms with Gasteiger partial charge in [-0.25, -0.2) is 0 Å². The summed E-state index contributed by atoms with van der Waals surface area (Å²) in [7, 11) is 0. The predicted molar refractivity (Wildman–Crippen MR) is 123 cm³/mol. The van der Waals surface area contributed by atoms with Crippen molar-refractivity contribution in [1.82, 2.24) is 0 Å². The summed E-state index contributed by atoms with van der Waals surface area (Å²) in [6.07, 6.45) is 16.2. The lowest BCUT2D eigenvalue weighted by molar-refractivity contribution is -0.176. The first kappa shape index (κ1) is 23.2. The molecule has 30 heavy (non-hydrogen) atoms. The number of rotatable bonds is 13. The van der Waals surface area contributed by atoms with E-state index in [1.54, 1.807) is 0 Å². The van der Waals surface area contributed by atoms with E-state index in [1.807, 2.05) is 0 Å². The van der Waals surface area contributed by atoms with Crippen LogP contribution in [0.15, 0.2) is 24.3 Å². The van der Waals surface area contributed by atoms with Crippen molar-refractivity contribution in [3.63, 3.8) is 0 Å². The fraction of sp³-hybridized carbons (Fsp3) is 0.741. The van der Waals surface area contributed by atoms with Crippen LogP contribution in [0.1, 0.15) is 109 Å². The molecule has 0 bridgehead atoms. The average molecular weight is 415 g/mol. The highest BCUT2D eigenvalue weighted by atomic mass is 16.6. The Morgan fingerprint density at radius 1 is 0.933 bits per heavy atom. The normalized spacial score (nSPS) is 24.7. The quantitative estimate of drug-likeness (QED) is 0.249. The van der Waals surface area contributed by atoms with Crippen molar-refractivity contribution in [1.29, 1.82) is 0 Å². The first-order valence-corrected chi connectivity index (χ1v) is 12.6. The molecule has 3 heteroatoms.